The van der Waals surface area contributed by atoms with Crippen molar-refractivity contribution in [3.63, 3.8) is 0 Å². The summed E-state index contributed by atoms with van der Waals surface area (Å²) in [5.74, 6) is -0.929. The van der Waals surface area contributed by atoms with Gasteiger partial charge < -0.3 is 5.32 Å². The predicted molar refractivity (Wildman–Crippen MR) is 117 cm³/mol. The van der Waals surface area contributed by atoms with Crippen LogP contribution in [-0.2, 0) is 26.2 Å². The smallest absolute Gasteiger partial charge is 0.247 e. The lowest BCUT2D eigenvalue weighted by Crippen LogP contribution is -2.70. The van der Waals surface area contributed by atoms with Crippen LogP contribution in [0.2, 0.25) is 5.02 Å². The number of sulfonamides is 1. The van der Waals surface area contributed by atoms with Gasteiger partial charge >= 0.3 is 0 Å². The van der Waals surface area contributed by atoms with Gasteiger partial charge in [0.25, 0.3) is 0 Å². The first-order valence-electron chi connectivity index (χ1n) is 9.38. The summed E-state index contributed by atoms with van der Waals surface area (Å²) in [6, 6.07) is 14.2. The van der Waals surface area contributed by atoms with E-state index in [2.05, 4.69) is 5.32 Å². The summed E-state index contributed by atoms with van der Waals surface area (Å²) < 4.78 is 25.3. The molecular weight excluding hydrogens is 426 g/mol. The number of hydrogen-bond donors (Lipinski definition) is 1. The monoisotopic (exact) mass is 449 g/mol. The third-order valence-electron chi connectivity index (χ3n) is 5.16. The number of amides is 2. The zero-order valence-corrected chi connectivity index (χ0v) is 18.6. The molecule has 0 saturated carbocycles. The Labute approximate surface area is 181 Å². The first-order chi connectivity index (χ1) is 14.0. The van der Waals surface area contributed by atoms with Gasteiger partial charge in [0, 0.05) is 23.8 Å². The molecule has 1 atom stereocenters. The number of halogens is 1. The van der Waals surface area contributed by atoms with Crippen molar-refractivity contribution < 1.29 is 18.0 Å². The number of aryl methyl sites for hydroxylation is 1. The number of piperazine rings is 1. The van der Waals surface area contributed by atoms with Gasteiger partial charge in [0.2, 0.25) is 21.8 Å². The van der Waals surface area contributed by atoms with E-state index < -0.39 is 27.4 Å². The standard InChI is InChI=1S/C21H24ClN3O4S/c1-15-4-6-16(7-5-15)12-23-20(27)21(2)14-24(30(3,28)29)13-19(26)25(21)18-10-8-17(22)9-11-18/h4-11H,12-14H2,1-3H3,(H,23,27)/t21-/m1/s1. The van der Waals surface area contributed by atoms with E-state index in [0.717, 1.165) is 21.7 Å². The van der Waals surface area contributed by atoms with Crippen LogP contribution in [0.25, 0.3) is 0 Å². The van der Waals surface area contributed by atoms with E-state index in [1.807, 2.05) is 31.2 Å². The van der Waals surface area contributed by atoms with Gasteiger partial charge in [-0.1, -0.05) is 41.4 Å². The van der Waals surface area contributed by atoms with Gasteiger partial charge in [-0.25, -0.2) is 8.42 Å². The summed E-state index contributed by atoms with van der Waals surface area (Å²) in [6.07, 6.45) is 1.03. The molecule has 160 valence electrons. The number of nitrogens with one attached hydrogen (secondary N) is 1. The minimum absolute atomic E-state index is 0.153. The van der Waals surface area contributed by atoms with E-state index in [4.69, 9.17) is 11.6 Å². The van der Waals surface area contributed by atoms with E-state index in [-0.39, 0.29) is 19.6 Å². The summed E-state index contributed by atoms with van der Waals surface area (Å²) in [5, 5.41) is 3.34. The van der Waals surface area contributed by atoms with Gasteiger partial charge in [-0.05, 0) is 43.7 Å². The summed E-state index contributed by atoms with van der Waals surface area (Å²) in [4.78, 5) is 27.6. The van der Waals surface area contributed by atoms with Crippen LogP contribution in [0.15, 0.2) is 48.5 Å². The van der Waals surface area contributed by atoms with E-state index in [1.165, 1.54) is 4.90 Å². The molecular formula is C21H24ClN3O4S. The van der Waals surface area contributed by atoms with E-state index in [9.17, 15) is 18.0 Å². The number of benzene rings is 2. The summed E-state index contributed by atoms with van der Waals surface area (Å²) >= 11 is 5.96. The van der Waals surface area contributed by atoms with Crippen molar-refractivity contribution in [2.24, 2.45) is 0 Å². The first-order valence-corrected chi connectivity index (χ1v) is 11.6. The number of rotatable bonds is 5. The molecule has 0 aromatic heterocycles. The highest BCUT2D eigenvalue weighted by Gasteiger charge is 2.50. The van der Waals surface area contributed by atoms with Crippen LogP contribution >= 0.6 is 11.6 Å². The summed E-state index contributed by atoms with van der Waals surface area (Å²) in [7, 11) is -3.66. The lowest BCUT2D eigenvalue weighted by atomic mass is 9.94. The van der Waals surface area contributed by atoms with Crippen LogP contribution in [0.4, 0.5) is 5.69 Å². The average Bonchev–Trinajstić information content (AvgIpc) is 2.67. The second-order valence-electron chi connectivity index (χ2n) is 7.68. The average molecular weight is 450 g/mol. The molecule has 1 heterocycles. The molecule has 0 bridgehead atoms. The molecule has 30 heavy (non-hydrogen) atoms. The number of carbonyl (C=O) groups excluding carboxylic acids is 2. The molecule has 7 nitrogen and oxygen atoms in total. The maximum absolute atomic E-state index is 13.3. The lowest BCUT2D eigenvalue weighted by Gasteiger charge is -2.46. The Morgan fingerprint density at radius 2 is 1.73 bits per heavy atom. The largest absolute Gasteiger partial charge is 0.350 e. The molecule has 2 aromatic rings. The molecule has 1 saturated heterocycles. The Morgan fingerprint density at radius 3 is 2.30 bits per heavy atom. The van der Waals surface area contributed by atoms with Crippen molar-refractivity contribution in [3.8, 4) is 0 Å². The van der Waals surface area contributed by atoms with Gasteiger partial charge in [-0.15, -0.1) is 0 Å². The third-order valence-corrected chi connectivity index (χ3v) is 6.60. The van der Waals surface area contributed by atoms with Crippen molar-refractivity contribution in [2.45, 2.75) is 25.9 Å². The fraction of sp³-hybridized carbons (Fsp3) is 0.333. The fourth-order valence-corrected chi connectivity index (χ4v) is 4.43. The lowest BCUT2D eigenvalue weighted by molar-refractivity contribution is -0.133. The maximum Gasteiger partial charge on any atom is 0.247 e. The molecule has 1 fully saturated rings. The minimum Gasteiger partial charge on any atom is -0.350 e. The van der Waals surface area contributed by atoms with E-state index in [1.54, 1.807) is 31.2 Å². The molecule has 0 spiro atoms. The van der Waals surface area contributed by atoms with Gasteiger partial charge in [-0.2, -0.15) is 4.31 Å². The van der Waals surface area contributed by atoms with E-state index >= 15 is 0 Å². The fourth-order valence-electron chi connectivity index (χ4n) is 3.47. The van der Waals surface area contributed by atoms with Crippen molar-refractivity contribution in [1.82, 2.24) is 9.62 Å². The number of hydrogen-bond acceptors (Lipinski definition) is 4. The maximum atomic E-state index is 13.3. The van der Waals surface area contributed by atoms with Gasteiger partial charge in [-0.3, -0.25) is 14.5 Å². The Morgan fingerprint density at radius 1 is 1.13 bits per heavy atom. The Kier molecular flexibility index (Phi) is 6.21. The molecule has 1 aliphatic rings. The van der Waals surface area contributed by atoms with Crippen LogP contribution in [0.1, 0.15) is 18.1 Å². The highest BCUT2D eigenvalue weighted by atomic mass is 35.5. The van der Waals surface area contributed by atoms with Gasteiger partial charge in [0.15, 0.2) is 0 Å². The molecule has 1 N–H and O–H groups in total. The molecule has 0 radical (unpaired) electrons. The number of anilines is 1. The summed E-state index contributed by atoms with van der Waals surface area (Å²) in [5.41, 5.74) is 1.05. The van der Waals surface area contributed by atoms with Crippen LogP contribution in [0.5, 0.6) is 0 Å². The highest BCUT2D eigenvalue weighted by Crippen LogP contribution is 2.31. The molecule has 0 aliphatic carbocycles. The molecule has 2 aromatic carbocycles. The Bertz CT molecular complexity index is 1050. The predicted octanol–water partition coefficient (Wildman–Crippen LogP) is 2.33. The van der Waals surface area contributed by atoms with Crippen LogP contribution in [-0.4, -0.2) is 49.4 Å². The van der Waals surface area contributed by atoms with Gasteiger partial charge in [0.05, 0.1) is 12.8 Å². The quantitative estimate of drug-likeness (QED) is 0.759. The Balaban J connectivity index is 1.93. The topological polar surface area (TPSA) is 86.8 Å². The minimum atomic E-state index is -3.66. The van der Waals surface area contributed by atoms with Gasteiger partial charge in [0.1, 0.15) is 5.54 Å². The van der Waals surface area contributed by atoms with Crippen LogP contribution in [0, 0.1) is 6.92 Å². The van der Waals surface area contributed by atoms with E-state index in [0.29, 0.717) is 10.7 Å². The van der Waals surface area contributed by atoms with Crippen molar-refractivity contribution in [1.29, 1.82) is 0 Å². The second-order valence-corrected chi connectivity index (χ2v) is 10.1. The van der Waals surface area contributed by atoms with Crippen molar-refractivity contribution in [2.75, 3.05) is 24.2 Å². The second kappa shape index (κ2) is 8.37. The van der Waals surface area contributed by atoms with Crippen molar-refractivity contribution >= 4 is 39.1 Å². The highest BCUT2D eigenvalue weighted by molar-refractivity contribution is 7.88. The van der Waals surface area contributed by atoms with Crippen LogP contribution in [0.3, 0.4) is 0 Å². The summed E-state index contributed by atoms with van der Waals surface area (Å²) in [6.45, 7) is 3.32. The third kappa shape index (κ3) is 4.66. The zero-order valence-electron chi connectivity index (χ0n) is 17.1. The molecule has 1 aliphatic heterocycles. The number of carbonyl (C=O) groups is 2. The first kappa shape index (κ1) is 22.3. The molecule has 2 amide bonds. The molecule has 9 heteroatoms. The van der Waals surface area contributed by atoms with Crippen LogP contribution < -0.4 is 10.2 Å². The number of nitrogens with zero attached hydrogens (tertiary/aromatic N) is 2. The zero-order chi connectivity index (χ0) is 22.1. The van der Waals surface area contributed by atoms with Crippen molar-refractivity contribution in [3.05, 3.63) is 64.7 Å². The normalized spacial score (nSPS) is 20.3. The SMILES string of the molecule is Cc1ccc(CNC(=O)[C@@]2(C)CN(S(C)(=O)=O)CC(=O)N2c2ccc(Cl)cc2)cc1. The molecule has 3 rings (SSSR count). The molecule has 0 unspecified atom stereocenters. The Hall–Kier alpha value is -2.42.